The van der Waals surface area contributed by atoms with Gasteiger partial charge >= 0.3 is 0 Å². The summed E-state index contributed by atoms with van der Waals surface area (Å²) in [5.41, 5.74) is 0.663. The molecule has 0 aliphatic rings. The minimum atomic E-state index is -0.0446. The van der Waals surface area contributed by atoms with Crippen molar-refractivity contribution in [2.24, 2.45) is 0 Å². The Kier molecular flexibility index (Phi) is 2.38. The molecule has 4 nitrogen and oxygen atoms in total. The number of benzene rings is 1. The van der Waals surface area contributed by atoms with E-state index in [4.69, 9.17) is 0 Å². The van der Waals surface area contributed by atoms with Crippen molar-refractivity contribution in [2.45, 2.75) is 0 Å². The predicted octanol–water partition coefficient (Wildman–Crippen LogP) is 2.32. The Morgan fingerprint density at radius 1 is 1.18 bits per heavy atom. The van der Waals surface area contributed by atoms with Gasteiger partial charge in [-0.25, -0.2) is 0 Å². The molecule has 0 amide bonds. The largest absolute Gasteiger partial charge is 0.288 e. The van der Waals surface area contributed by atoms with Crippen LogP contribution in [0.4, 0.5) is 0 Å². The molecular weight excluding hydrogens is 234 g/mol. The average Bonchev–Trinajstić information content (AvgIpc) is 2.91. The van der Waals surface area contributed by atoms with Crippen LogP contribution < -0.4 is 0 Å². The van der Waals surface area contributed by atoms with Crippen molar-refractivity contribution in [3.63, 3.8) is 0 Å². The summed E-state index contributed by atoms with van der Waals surface area (Å²) >= 11 is 1.11. The molecule has 5 heteroatoms. The summed E-state index contributed by atoms with van der Waals surface area (Å²) in [4.78, 5) is 16.8. The maximum atomic E-state index is 12.2. The molecule has 0 radical (unpaired) electrons. The van der Waals surface area contributed by atoms with Crippen molar-refractivity contribution in [1.82, 2.24) is 14.6 Å². The highest BCUT2D eigenvalue weighted by Crippen LogP contribution is 2.21. The lowest BCUT2D eigenvalue weighted by molar-refractivity contribution is 0.104. The fraction of sp³-hybridized carbons (Fsp3) is 0. The zero-order valence-electron chi connectivity index (χ0n) is 8.70. The number of ketones is 1. The van der Waals surface area contributed by atoms with Crippen molar-refractivity contribution in [3.8, 4) is 0 Å². The van der Waals surface area contributed by atoms with E-state index in [0.29, 0.717) is 10.4 Å². The summed E-state index contributed by atoms with van der Waals surface area (Å²) in [6, 6.07) is 7.44. The number of hydrogen-bond acceptors (Lipinski definition) is 5. The van der Waals surface area contributed by atoms with E-state index >= 15 is 0 Å². The number of carbonyl (C=O) groups excluding carboxylic acids is 1. The van der Waals surface area contributed by atoms with Gasteiger partial charge in [0.25, 0.3) is 0 Å². The molecule has 0 unspecified atom stereocenters. The number of hydrogen-bond donors (Lipinski definition) is 0. The highest BCUT2D eigenvalue weighted by molar-refractivity contribution is 7.08. The molecule has 0 saturated carbocycles. The monoisotopic (exact) mass is 241 g/mol. The summed E-state index contributed by atoms with van der Waals surface area (Å²) in [5.74, 6) is -0.0446. The van der Waals surface area contributed by atoms with Crippen LogP contribution in [0.15, 0.2) is 42.9 Å². The van der Waals surface area contributed by atoms with Gasteiger partial charge in [-0.1, -0.05) is 22.7 Å². The third-order valence-electron chi connectivity index (χ3n) is 2.51. The zero-order valence-corrected chi connectivity index (χ0v) is 9.52. The van der Waals surface area contributed by atoms with Crippen molar-refractivity contribution < 1.29 is 4.79 Å². The molecule has 0 atom stereocenters. The molecule has 1 aromatic carbocycles. The van der Waals surface area contributed by atoms with Crippen molar-refractivity contribution in [1.29, 1.82) is 0 Å². The van der Waals surface area contributed by atoms with Crippen LogP contribution in [-0.2, 0) is 0 Å². The van der Waals surface area contributed by atoms with Crippen molar-refractivity contribution >= 4 is 28.1 Å². The number of rotatable bonds is 2. The Bertz CT molecular complexity index is 674. The lowest BCUT2D eigenvalue weighted by Gasteiger charge is -2.02. The van der Waals surface area contributed by atoms with Crippen LogP contribution in [0, 0.1) is 0 Å². The minimum absolute atomic E-state index is 0.0446. The maximum Gasteiger partial charge on any atom is 0.206 e. The Morgan fingerprint density at radius 2 is 2.12 bits per heavy atom. The van der Waals surface area contributed by atoms with Gasteiger partial charge in [-0.2, -0.15) is 0 Å². The topological polar surface area (TPSA) is 55.7 Å². The van der Waals surface area contributed by atoms with Crippen LogP contribution in [0.5, 0.6) is 0 Å². The van der Waals surface area contributed by atoms with Gasteiger partial charge in [0.1, 0.15) is 4.88 Å². The van der Waals surface area contributed by atoms with Crippen LogP contribution in [0.1, 0.15) is 15.2 Å². The van der Waals surface area contributed by atoms with E-state index in [-0.39, 0.29) is 5.78 Å². The second-order valence-corrected chi connectivity index (χ2v) is 4.30. The zero-order chi connectivity index (χ0) is 11.7. The summed E-state index contributed by atoms with van der Waals surface area (Å²) < 4.78 is 3.71. The lowest BCUT2D eigenvalue weighted by atomic mass is 10.0. The molecule has 0 N–H and O–H groups in total. The molecule has 17 heavy (non-hydrogen) atoms. The van der Waals surface area contributed by atoms with E-state index in [1.54, 1.807) is 12.4 Å². The molecule has 0 bridgehead atoms. The highest BCUT2D eigenvalue weighted by Gasteiger charge is 2.14. The van der Waals surface area contributed by atoms with Gasteiger partial charge in [-0.3, -0.25) is 9.78 Å². The second kappa shape index (κ2) is 4.03. The quantitative estimate of drug-likeness (QED) is 0.646. The molecule has 0 saturated heterocycles. The maximum absolute atomic E-state index is 12.2. The van der Waals surface area contributed by atoms with Gasteiger partial charge in [-0.05, 0) is 23.0 Å². The molecule has 0 aliphatic carbocycles. The molecule has 3 aromatic rings. The Morgan fingerprint density at radius 3 is 2.94 bits per heavy atom. The number of carbonyl (C=O) groups is 1. The third-order valence-corrected chi connectivity index (χ3v) is 3.17. The fourth-order valence-corrected chi connectivity index (χ4v) is 2.19. The summed E-state index contributed by atoms with van der Waals surface area (Å²) in [6.07, 6.45) is 4.92. The first kappa shape index (κ1) is 10.0. The van der Waals surface area contributed by atoms with Gasteiger partial charge in [0.2, 0.25) is 5.78 Å². The number of aromatic nitrogens is 3. The Hall–Kier alpha value is -2.14. The van der Waals surface area contributed by atoms with Crippen LogP contribution in [-0.4, -0.2) is 20.4 Å². The molecule has 0 spiro atoms. The average molecular weight is 241 g/mol. The van der Waals surface area contributed by atoms with E-state index in [2.05, 4.69) is 14.6 Å². The summed E-state index contributed by atoms with van der Waals surface area (Å²) in [7, 11) is 0. The van der Waals surface area contributed by atoms with E-state index in [1.165, 1.54) is 6.20 Å². The molecule has 2 aromatic heterocycles. The smallest absolute Gasteiger partial charge is 0.206 e. The van der Waals surface area contributed by atoms with Gasteiger partial charge in [0.05, 0.1) is 6.20 Å². The molecule has 3 rings (SSSR count). The van der Waals surface area contributed by atoms with Crippen molar-refractivity contribution in [2.75, 3.05) is 0 Å². The van der Waals surface area contributed by atoms with Crippen LogP contribution in [0.3, 0.4) is 0 Å². The molecule has 0 fully saturated rings. The number of fused-ring (bicyclic) bond motifs is 1. The molecular formula is C12H7N3OS. The first-order chi connectivity index (χ1) is 8.36. The Labute approximate surface area is 101 Å². The normalized spacial score (nSPS) is 10.6. The summed E-state index contributed by atoms with van der Waals surface area (Å²) in [5, 5.41) is 5.54. The van der Waals surface area contributed by atoms with Gasteiger partial charge in [-0.15, -0.1) is 5.10 Å². The third kappa shape index (κ3) is 1.70. The van der Waals surface area contributed by atoms with Gasteiger partial charge in [0, 0.05) is 23.3 Å². The SMILES string of the molecule is O=C(c1cnns1)c1cccc2cnccc12. The van der Waals surface area contributed by atoms with E-state index in [1.807, 2.05) is 24.3 Å². The van der Waals surface area contributed by atoms with Crippen LogP contribution in [0.2, 0.25) is 0 Å². The fourth-order valence-electron chi connectivity index (χ4n) is 1.72. The molecule has 0 aliphatic heterocycles. The van der Waals surface area contributed by atoms with Crippen LogP contribution >= 0.6 is 11.5 Å². The second-order valence-electron chi connectivity index (χ2n) is 3.51. The van der Waals surface area contributed by atoms with Gasteiger partial charge in [0.15, 0.2) is 0 Å². The first-order valence-electron chi connectivity index (χ1n) is 5.01. The van der Waals surface area contributed by atoms with Crippen molar-refractivity contribution in [3.05, 3.63) is 53.3 Å². The van der Waals surface area contributed by atoms with Gasteiger partial charge < -0.3 is 0 Å². The van der Waals surface area contributed by atoms with E-state index in [9.17, 15) is 4.79 Å². The standard InChI is InChI=1S/C12H7N3OS/c16-12(11-7-14-15-17-11)10-3-1-2-8-6-13-5-4-9(8)10/h1-7H. The minimum Gasteiger partial charge on any atom is -0.288 e. The van der Waals surface area contributed by atoms with E-state index < -0.39 is 0 Å². The molecule has 82 valence electrons. The van der Waals surface area contributed by atoms with E-state index in [0.717, 1.165) is 22.3 Å². The van der Waals surface area contributed by atoms with Crippen LogP contribution in [0.25, 0.3) is 10.8 Å². The molecule has 2 heterocycles. The first-order valence-corrected chi connectivity index (χ1v) is 5.78. The number of pyridine rings is 1. The summed E-state index contributed by atoms with van der Waals surface area (Å²) in [6.45, 7) is 0. The highest BCUT2D eigenvalue weighted by atomic mass is 32.1. The number of nitrogens with zero attached hydrogens (tertiary/aromatic N) is 3. The lowest BCUT2D eigenvalue weighted by Crippen LogP contribution is -1.99. The Balaban J connectivity index is 2.21. The predicted molar refractivity (Wildman–Crippen MR) is 65.1 cm³/mol.